The minimum absolute atomic E-state index is 0.0443. The molecule has 0 N–H and O–H groups in total. The topological polar surface area (TPSA) is 29.5 Å². The van der Waals surface area contributed by atoms with Crippen LogP contribution in [0.4, 0.5) is 0 Å². The van der Waals surface area contributed by atoms with E-state index in [0.29, 0.717) is 29.5 Å². The van der Waals surface area contributed by atoms with Gasteiger partial charge >= 0.3 is 0 Å². The number of hydrogen-bond acceptors (Lipinski definition) is 2. The summed E-state index contributed by atoms with van der Waals surface area (Å²) < 4.78 is 6.37. The van der Waals surface area contributed by atoms with Crippen LogP contribution >= 0.6 is 27.5 Å². The number of amides is 1. The summed E-state index contributed by atoms with van der Waals surface area (Å²) >= 11 is 9.27. The van der Waals surface area contributed by atoms with Crippen molar-refractivity contribution in [3.63, 3.8) is 0 Å². The monoisotopic (exact) mass is 367 g/mol. The lowest BCUT2D eigenvalue weighted by molar-refractivity contribution is 0.0773. The van der Waals surface area contributed by atoms with Crippen molar-refractivity contribution in [2.75, 3.05) is 20.2 Å². The van der Waals surface area contributed by atoms with Crippen molar-refractivity contribution < 1.29 is 9.53 Å². The molecule has 0 radical (unpaired) electrons. The number of likely N-dealkylation sites (N-methyl/N-ethyl adjacent to an activating group) is 1. The summed E-state index contributed by atoms with van der Waals surface area (Å²) in [5.41, 5.74) is 0.641. The summed E-state index contributed by atoms with van der Waals surface area (Å²) in [4.78, 5) is 13.9. The molecule has 0 atom stereocenters. The fourth-order valence-corrected chi connectivity index (χ4v) is 2.43. The van der Waals surface area contributed by atoms with Crippen LogP contribution in [0.3, 0.4) is 0 Å². The van der Waals surface area contributed by atoms with Gasteiger partial charge < -0.3 is 9.64 Å². The summed E-state index contributed by atoms with van der Waals surface area (Å²) in [6, 6.07) is 14.6. The van der Waals surface area contributed by atoms with Gasteiger partial charge in [-0.3, -0.25) is 4.79 Å². The number of carbonyl (C=O) groups excluding carboxylic acids is 1. The second kappa shape index (κ2) is 7.48. The summed E-state index contributed by atoms with van der Waals surface area (Å²) in [5.74, 6) is 0.654. The van der Waals surface area contributed by atoms with Crippen LogP contribution in [0.1, 0.15) is 10.4 Å². The van der Waals surface area contributed by atoms with Crippen LogP contribution in [-0.2, 0) is 0 Å². The molecule has 0 aliphatic carbocycles. The highest BCUT2D eigenvalue weighted by molar-refractivity contribution is 9.10. The molecule has 0 saturated carbocycles. The number of benzene rings is 2. The standard InChI is InChI=1S/C16H15BrClNO2/c1-19(16(20)14-7-2-3-8-15(14)17)9-10-21-13-6-4-5-12(18)11-13/h2-8,11H,9-10H2,1H3. The zero-order valence-electron chi connectivity index (χ0n) is 11.6. The van der Waals surface area contributed by atoms with Crippen LogP contribution in [0.2, 0.25) is 5.02 Å². The van der Waals surface area contributed by atoms with E-state index < -0.39 is 0 Å². The predicted molar refractivity (Wildman–Crippen MR) is 88.0 cm³/mol. The van der Waals surface area contributed by atoms with Gasteiger partial charge in [-0.2, -0.15) is 0 Å². The van der Waals surface area contributed by atoms with Gasteiger partial charge in [-0.15, -0.1) is 0 Å². The molecule has 1 amide bonds. The maximum absolute atomic E-state index is 12.3. The second-order valence-electron chi connectivity index (χ2n) is 4.51. The van der Waals surface area contributed by atoms with Crippen molar-refractivity contribution in [3.05, 3.63) is 63.6 Å². The molecular formula is C16H15BrClNO2. The van der Waals surface area contributed by atoms with Gasteiger partial charge in [-0.25, -0.2) is 0 Å². The van der Waals surface area contributed by atoms with Gasteiger partial charge in [0.15, 0.2) is 0 Å². The lowest BCUT2D eigenvalue weighted by Gasteiger charge is -2.18. The highest BCUT2D eigenvalue weighted by atomic mass is 79.9. The average molecular weight is 369 g/mol. The van der Waals surface area contributed by atoms with Gasteiger partial charge in [0.2, 0.25) is 0 Å². The Morgan fingerprint density at radius 2 is 2.00 bits per heavy atom. The quantitative estimate of drug-likeness (QED) is 0.789. The highest BCUT2D eigenvalue weighted by Gasteiger charge is 2.14. The minimum Gasteiger partial charge on any atom is -0.492 e. The first kappa shape index (κ1) is 15.9. The van der Waals surface area contributed by atoms with E-state index in [0.717, 1.165) is 4.47 Å². The zero-order valence-corrected chi connectivity index (χ0v) is 13.9. The third kappa shape index (κ3) is 4.48. The summed E-state index contributed by atoms with van der Waals surface area (Å²) in [6.45, 7) is 0.902. The normalized spacial score (nSPS) is 10.2. The van der Waals surface area contributed by atoms with E-state index in [2.05, 4.69) is 15.9 Å². The molecule has 0 aliphatic heterocycles. The second-order valence-corrected chi connectivity index (χ2v) is 5.80. The molecule has 2 aromatic carbocycles. The van der Waals surface area contributed by atoms with E-state index in [-0.39, 0.29) is 5.91 Å². The van der Waals surface area contributed by atoms with E-state index in [1.165, 1.54) is 0 Å². The maximum atomic E-state index is 12.3. The first-order valence-corrected chi connectivity index (χ1v) is 7.63. The molecule has 110 valence electrons. The highest BCUT2D eigenvalue weighted by Crippen LogP contribution is 2.18. The molecule has 0 saturated heterocycles. The third-order valence-electron chi connectivity index (χ3n) is 2.94. The van der Waals surface area contributed by atoms with Gasteiger partial charge in [0.05, 0.1) is 12.1 Å². The lowest BCUT2D eigenvalue weighted by Crippen LogP contribution is -2.31. The number of ether oxygens (including phenoxy) is 1. The summed E-state index contributed by atoms with van der Waals surface area (Å²) in [5, 5.41) is 0.630. The molecule has 5 heteroatoms. The zero-order chi connectivity index (χ0) is 15.2. The van der Waals surface area contributed by atoms with Gasteiger partial charge in [0.1, 0.15) is 12.4 Å². The number of halogens is 2. The Morgan fingerprint density at radius 3 is 2.71 bits per heavy atom. The Balaban J connectivity index is 1.89. The van der Waals surface area contributed by atoms with E-state index in [9.17, 15) is 4.79 Å². The van der Waals surface area contributed by atoms with Crippen molar-refractivity contribution >= 4 is 33.4 Å². The van der Waals surface area contributed by atoms with Crippen molar-refractivity contribution in [1.82, 2.24) is 4.90 Å². The van der Waals surface area contributed by atoms with Gasteiger partial charge in [0.25, 0.3) is 5.91 Å². The van der Waals surface area contributed by atoms with Crippen molar-refractivity contribution in [2.24, 2.45) is 0 Å². The Labute approximate surface area is 137 Å². The van der Waals surface area contributed by atoms with Crippen LogP contribution in [0, 0.1) is 0 Å². The number of hydrogen-bond donors (Lipinski definition) is 0. The van der Waals surface area contributed by atoms with Crippen LogP contribution in [0.5, 0.6) is 5.75 Å². The molecule has 0 fully saturated rings. The molecule has 0 aromatic heterocycles. The summed E-state index contributed by atoms with van der Waals surface area (Å²) in [6.07, 6.45) is 0. The van der Waals surface area contributed by atoms with Gasteiger partial charge in [0, 0.05) is 16.5 Å². The molecule has 0 bridgehead atoms. The van der Waals surface area contributed by atoms with E-state index in [1.54, 1.807) is 30.1 Å². The molecule has 0 heterocycles. The molecule has 2 aromatic rings. The van der Waals surface area contributed by atoms with Gasteiger partial charge in [-0.1, -0.05) is 29.8 Å². The van der Waals surface area contributed by atoms with Crippen LogP contribution in [-0.4, -0.2) is 31.0 Å². The number of nitrogens with zero attached hydrogens (tertiary/aromatic N) is 1. The van der Waals surface area contributed by atoms with Crippen LogP contribution in [0.15, 0.2) is 53.0 Å². The Kier molecular flexibility index (Phi) is 5.65. The fraction of sp³-hybridized carbons (Fsp3) is 0.188. The predicted octanol–water partition coefficient (Wildman–Crippen LogP) is 4.25. The Bertz CT molecular complexity index is 633. The van der Waals surface area contributed by atoms with Crippen molar-refractivity contribution in [1.29, 1.82) is 0 Å². The van der Waals surface area contributed by atoms with Crippen LogP contribution < -0.4 is 4.74 Å². The van der Waals surface area contributed by atoms with Crippen molar-refractivity contribution in [2.45, 2.75) is 0 Å². The third-order valence-corrected chi connectivity index (χ3v) is 3.87. The smallest absolute Gasteiger partial charge is 0.254 e. The molecule has 0 unspecified atom stereocenters. The maximum Gasteiger partial charge on any atom is 0.254 e. The molecule has 0 aliphatic rings. The van der Waals surface area contributed by atoms with E-state index >= 15 is 0 Å². The van der Waals surface area contributed by atoms with Gasteiger partial charge in [-0.05, 0) is 46.3 Å². The largest absolute Gasteiger partial charge is 0.492 e. The number of carbonyl (C=O) groups is 1. The number of rotatable bonds is 5. The Morgan fingerprint density at radius 1 is 1.24 bits per heavy atom. The SMILES string of the molecule is CN(CCOc1cccc(Cl)c1)C(=O)c1ccccc1Br. The first-order chi connectivity index (χ1) is 10.1. The minimum atomic E-state index is -0.0443. The fourth-order valence-electron chi connectivity index (χ4n) is 1.80. The molecule has 0 spiro atoms. The van der Waals surface area contributed by atoms with E-state index in [4.69, 9.17) is 16.3 Å². The summed E-state index contributed by atoms with van der Waals surface area (Å²) in [7, 11) is 1.75. The molecule has 2 rings (SSSR count). The van der Waals surface area contributed by atoms with Crippen molar-refractivity contribution in [3.8, 4) is 5.75 Å². The Hall–Kier alpha value is -1.52. The van der Waals surface area contributed by atoms with Crippen LogP contribution in [0.25, 0.3) is 0 Å². The van der Waals surface area contributed by atoms with E-state index in [1.807, 2.05) is 30.3 Å². The first-order valence-electron chi connectivity index (χ1n) is 6.46. The average Bonchev–Trinajstić information content (AvgIpc) is 2.47. The lowest BCUT2D eigenvalue weighted by atomic mass is 10.2. The molecule has 3 nitrogen and oxygen atoms in total. The molecule has 21 heavy (non-hydrogen) atoms. The molecular weight excluding hydrogens is 354 g/mol.